The average molecular weight is 207 g/mol. The zero-order chi connectivity index (χ0) is 10.0. The molecule has 0 aliphatic rings. The minimum Gasteiger partial charge on any atom is -0.366 e. The van der Waals surface area contributed by atoms with Crippen LogP contribution in [0.2, 0.25) is 5.02 Å². The van der Waals surface area contributed by atoms with Gasteiger partial charge in [-0.2, -0.15) is 0 Å². The number of carbonyl (C=O) groups excluding carboxylic acids is 1. The molecule has 0 radical (unpaired) electrons. The van der Waals surface area contributed by atoms with Gasteiger partial charge in [0.1, 0.15) is 5.69 Å². The number of nitrogens with zero attached hydrogens (tertiary/aromatic N) is 1. The molecule has 1 rings (SSSR count). The first-order valence-corrected chi connectivity index (χ1v) is 3.63. The van der Waals surface area contributed by atoms with Crippen LogP contribution >= 0.6 is 11.6 Å². The van der Waals surface area contributed by atoms with Gasteiger partial charge in [-0.15, -0.1) is 0 Å². The van der Waals surface area contributed by atoms with E-state index in [-0.39, 0.29) is 10.6 Å². The second-order valence-electron chi connectivity index (χ2n) is 2.25. The number of rotatable bonds is 2. The monoisotopic (exact) mass is 206 g/mol. The van der Waals surface area contributed by atoms with E-state index in [1.165, 1.54) is 0 Å². The first-order chi connectivity index (χ1) is 6.02. The molecule has 0 unspecified atom stereocenters. The molecule has 70 valence electrons. The maximum absolute atomic E-state index is 12.0. The van der Waals surface area contributed by atoms with E-state index in [1.54, 1.807) is 0 Å². The molecule has 0 saturated carbocycles. The Morgan fingerprint density at radius 3 is 2.62 bits per heavy atom. The number of amides is 1. The van der Waals surface area contributed by atoms with Crippen molar-refractivity contribution >= 4 is 17.5 Å². The number of primary amides is 1. The Morgan fingerprint density at radius 2 is 2.23 bits per heavy atom. The van der Waals surface area contributed by atoms with Crippen LogP contribution in [0.5, 0.6) is 0 Å². The normalized spacial score (nSPS) is 10.5. The van der Waals surface area contributed by atoms with E-state index < -0.39 is 18.0 Å². The van der Waals surface area contributed by atoms with E-state index in [1.807, 2.05) is 0 Å². The minimum atomic E-state index is -2.71. The zero-order valence-electron chi connectivity index (χ0n) is 6.30. The Morgan fingerprint density at radius 1 is 1.62 bits per heavy atom. The van der Waals surface area contributed by atoms with Gasteiger partial charge in [-0.3, -0.25) is 9.78 Å². The minimum absolute atomic E-state index is 0.0638. The van der Waals surface area contributed by atoms with E-state index in [0.717, 1.165) is 12.3 Å². The number of carbonyl (C=O) groups is 1. The fraction of sp³-hybridized carbons (Fsp3) is 0.143. The van der Waals surface area contributed by atoms with Crippen LogP contribution in [0.3, 0.4) is 0 Å². The molecule has 0 saturated heterocycles. The predicted octanol–water partition coefficient (Wildman–Crippen LogP) is 1.77. The number of nitrogens with two attached hydrogens (primary N) is 1. The molecule has 1 heterocycles. The number of hydrogen-bond donors (Lipinski definition) is 1. The van der Waals surface area contributed by atoms with E-state index in [2.05, 4.69) is 4.98 Å². The van der Waals surface area contributed by atoms with Crippen LogP contribution in [0.25, 0.3) is 0 Å². The molecule has 6 heteroatoms. The molecule has 0 aromatic carbocycles. The molecule has 2 N–H and O–H groups in total. The van der Waals surface area contributed by atoms with Crippen LogP contribution in [0.1, 0.15) is 22.5 Å². The first kappa shape index (κ1) is 9.85. The molecule has 0 bridgehead atoms. The highest BCUT2D eigenvalue weighted by Gasteiger charge is 2.13. The van der Waals surface area contributed by atoms with Crippen LogP contribution in [0, 0.1) is 0 Å². The van der Waals surface area contributed by atoms with Crippen LogP contribution in [-0.4, -0.2) is 10.9 Å². The maximum Gasteiger partial charge on any atom is 0.280 e. The van der Waals surface area contributed by atoms with Crippen molar-refractivity contribution in [2.75, 3.05) is 0 Å². The third-order valence-corrected chi connectivity index (χ3v) is 1.68. The molecule has 0 aliphatic carbocycles. The van der Waals surface area contributed by atoms with Crippen molar-refractivity contribution in [2.45, 2.75) is 6.43 Å². The predicted molar refractivity (Wildman–Crippen MR) is 42.7 cm³/mol. The molecule has 3 nitrogen and oxygen atoms in total. The van der Waals surface area contributed by atoms with Gasteiger partial charge in [0.15, 0.2) is 0 Å². The summed E-state index contributed by atoms with van der Waals surface area (Å²) in [5.74, 6) is -0.793. The first-order valence-electron chi connectivity index (χ1n) is 3.25. The quantitative estimate of drug-likeness (QED) is 0.802. The fourth-order valence-corrected chi connectivity index (χ4v) is 1.000. The fourth-order valence-electron chi connectivity index (χ4n) is 0.746. The summed E-state index contributed by atoms with van der Waals surface area (Å²) >= 11 is 5.49. The highest BCUT2D eigenvalue weighted by molar-refractivity contribution is 6.33. The van der Waals surface area contributed by atoms with Gasteiger partial charge < -0.3 is 5.73 Å². The molecule has 13 heavy (non-hydrogen) atoms. The summed E-state index contributed by atoms with van der Waals surface area (Å²) in [6, 6.07) is 0.923. The maximum atomic E-state index is 12.0. The highest BCUT2D eigenvalue weighted by Crippen LogP contribution is 2.22. The Hall–Kier alpha value is -1.23. The van der Waals surface area contributed by atoms with Gasteiger partial charge in [-0.05, 0) is 6.07 Å². The molecule has 1 amide bonds. The molecule has 0 atom stereocenters. The van der Waals surface area contributed by atoms with Gasteiger partial charge in [0.2, 0.25) is 0 Å². The average Bonchev–Trinajstić information content (AvgIpc) is 2.03. The van der Waals surface area contributed by atoms with Gasteiger partial charge in [-0.1, -0.05) is 11.6 Å². The Balaban J connectivity index is 3.13. The lowest BCUT2D eigenvalue weighted by Gasteiger charge is -2.01. The standard InChI is InChI=1S/C7H5ClF2N2O/c8-4-1-5(6(9)10)12-2-3(4)7(11)13/h1-2,6H,(H2,11,13). The lowest BCUT2D eigenvalue weighted by Crippen LogP contribution is -2.12. The highest BCUT2D eigenvalue weighted by atomic mass is 35.5. The number of hydrogen-bond acceptors (Lipinski definition) is 2. The third kappa shape index (κ3) is 2.12. The number of aromatic nitrogens is 1. The SMILES string of the molecule is NC(=O)c1cnc(C(F)F)cc1Cl. The Bertz CT molecular complexity index is 343. The smallest absolute Gasteiger partial charge is 0.280 e. The molecule has 0 fully saturated rings. The van der Waals surface area contributed by atoms with Crippen LogP contribution in [-0.2, 0) is 0 Å². The van der Waals surface area contributed by atoms with Gasteiger partial charge in [0, 0.05) is 6.20 Å². The summed E-state index contributed by atoms with van der Waals surface area (Å²) in [5, 5.41) is -0.113. The van der Waals surface area contributed by atoms with Gasteiger partial charge in [0.25, 0.3) is 12.3 Å². The van der Waals surface area contributed by atoms with Crippen LogP contribution in [0.4, 0.5) is 8.78 Å². The van der Waals surface area contributed by atoms with Crippen molar-refractivity contribution in [3.05, 3.63) is 28.5 Å². The van der Waals surface area contributed by atoms with Crippen molar-refractivity contribution in [2.24, 2.45) is 5.73 Å². The molecule has 0 spiro atoms. The van der Waals surface area contributed by atoms with Crippen molar-refractivity contribution in [1.29, 1.82) is 0 Å². The van der Waals surface area contributed by atoms with E-state index in [9.17, 15) is 13.6 Å². The Kier molecular flexibility index (Phi) is 2.77. The summed E-state index contributed by atoms with van der Waals surface area (Å²) in [5.41, 5.74) is 4.35. The Labute approximate surface area is 77.5 Å². The largest absolute Gasteiger partial charge is 0.366 e. The van der Waals surface area contributed by atoms with Gasteiger partial charge in [-0.25, -0.2) is 8.78 Å². The van der Waals surface area contributed by atoms with Crippen LogP contribution < -0.4 is 5.73 Å². The molecular weight excluding hydrogens is 202 g/mol. The number of halogens is 3. The van der Waals surface area contributed by atoms with Crippen molar-refractivity contribution < 1.29 is 13.6 Å². The van der Waals surface area contributed by atoms with Crippen molar-refractivity contribution in [1.82, 2.24) is 4.98 Å². The summed E-state index contributed by atoms with van der Waals surface area (Å²) < 4.78 is 24.1. The number of pyridine rings is 1. The van der Waals surface area contributed by atoms with Gasteiger partial charge >= 0.3 is 0 Å². The zero-order valence-corrected chi connectivity index (χ0v) is 7.05. The van der Waals surface area contributed by atoms with E-state index in [4.69, 9.17) is 17.3 Å². The third-order valence-electron chi connectivity index (χ3n) is 1.36. The second kappa shape index (κ2) is 3.66. The van der Waals surface area contributed by atoms with Crippen molar-refractivity contribution in [3.8, 4) is 0 Å². The van der Waals surface area contributed by atoms with Crippen molar-refractivity contribution in [3.63, 3.8) is 0 Å². The second-order valence-corrected chi connectivity index (χ2v) is 2.66. The summed E-state index contributed by atoms with van der Waals surface area (Å²) in [7, 11) is 0. The molecule has 1 aromatic rings. The van der Waals surface area contributed by atoms with E-state index >= 15 is 0 Å². The van der Waals surface area contributed by atoms with Gasteiger partial charge in [0.05, 0.1) is 10.6 Å². The summed E-state index contributed by atoms with van der Waals surface area (Å²) in [6.45, 7) is 0. The lowest BCUT2D eigenvalue weighted by molar-refractivity contribution is 0.0999. The molecular formula is C7H5ClF2N2O. The number of alkyl halides is 2. The van der Waals surface area contributed by atoms with E-state index in [0.29, 0.717) is 0 Å². The summed E-state index contributed by atoms with van der Waals surface area (Å²) in [4.78, 5) is 13.9. The lowest BCUT2D eigenvalue weighted by atomic mass is 10.2. The topological polar surface area (TPSA) is 56.0 Å². The molecule has 1 aromatic heterocycles. The van der Waals surface area contributed by atoms with Crippen LogP contribution in [0.15, 0.2) is 12.3 Å². The summed E-state index contributed by atoms with van der Waals surface area (Å²) in [6.07, 6.45) is -1.77. The molecule has 0 aliphatic heterocycles.